The molecule has 0 unspecified atom stereocenters. The van der Waals surface area contributed by atoms with Crippen LogP contribution in [0.5, 0.6) is 11.5 Å². The zero-order chi connectivity index (χ0) is 12.6. The molecule has 0 atom stereocenters. The minimum atomic E-state index is -3.40. The summed E-state index contributed by atoms with van der Waals surface area (Å²) in [4.78, 5) is 0. The van der Waals surface area contributed by atoms with Crippen LogP contribution in [-0.4, -0.2) is 33.6 Å². The highest BCUT2D eigenvalue weighted by Crippen LogP contribution is 2.34. The normalized spacial score (nSPS) is 19.1. The molecule has 18 heavy (non-hydrogen) atoms. The predicted octanol–water partition coefficient (Wildman–Crippen LogP) is -0.367. The maximum Gasteiger partial charge on any atom is 0.238 e. The highest BCUT2D eigenvalue weighted by atomic mass is 32.2. The molecule has 2 aliphatic rings. The van der Waals surface area contributed by atoms with Gasteiger partial charge in [0.05, 0.1) is 5.69 Å². The minimum Gasteiger partial charge on any atom is -0.454 e. The Hall–Kier alpha value is -1.51. The summed E-state index contributed by atoms with van der Waals surface area (Å²) in [5.41, 5.74) is 6.06. The van der Waals surface area contributed by atoms with Crippen molar-refractivity contribution in [1.29, 1.82) is 0 Å². The van der Waals surface area contributed by atoms with Crippen LogP contribution in [0, 0.1) is 0 Å². The number of fused-ring (bicyclic) bond motifs is 1. The van der Waals surface area contributed by atoms with Gasteiger partial charge >= 0.3 is 0 Å². The van der Waals surface area contributed by atoms with Crippen molar-refractivity contribution >= 4 is 15.7 Å². The summed E-state index contributed by atoms with van der Waals surface area (Å²) in [6, 6.07) is 4.96. The summed E-state index contributed by atoms with van der Waals surface area (Å²) in [7, 11) is -3.40. The van der Waals surface area contributed by atoms with Crippen molar-refractivity contribution in [3.63, 3.8) is 0 Å². The van der Waals surface area contributed by atoms with E-state index >= 15 is 0 Å². The van der Waals surface area contributed by atoms with E-state index < -0.39 is 15.3 Å². The van der Waals surface area contributed by atoms with Crippen molar-refractivity contribution in [1.82, 2.24) is 10.9 Å². The van der Waals surface area contributed by atoms with Gasteiger partial charge in [-0.3, -0.25) is 15.6 Å². The minimum absolute atomic E-state index is 0.169. The SMILES string of the molecule is O=S(=O)(Nc1ccc2c(c1)OCO2)C1CNNC1. The summed E-state index contributed by atoms with van der Waals surface area (Å²) >= 11 is 0. The first-order valence-corrected chi connectivity index (χ1v) is 7.07. The number of rotatable bonds is 3. The molecule has 1 aromatic carbocycles. The molecule has 0 radical (unpaired) electrons. The third-order valence-electron chi connectivity index (χ3n) is 2.86. The molecule has 0 aromatic heterocycles. The maximum atomic E-state index is 12.0. The molecule has 3 N–H and O–H groups in total. The van der Waals surface area contributed by atoms with Crippen LogP contribution in [0.4, 0.5) is 5.69 Å². The highest BCUT2D eigenvalue weighted by molar-refractivity contribution is 7.93. The van der Waals surface area contributed by atoms with Crippen LogP contribution in [-0.2, 0) is 10.0 Å². The molecule has 8 heteroatoms. The van der Waals surface area contributed by atoms with Crippen molar-refractivity contribution in [2.45, 2.75) is 5.25 Å². The van der Waals surface area contributed by atoms with E-state index in [9.17, 15) is 8.42 Å². The van der Waals surface area contributed by atoms with E-state index in [0.717, 1.165) is 0 Å². The van der Waals surface area contributed by atoms with Crippen LogP contribution >= 0.6 is 0 Å². The fraction of sp³-hybridized carbons (Fsp3) is 0.400. The summed E-state index contributed by atoms with van der Waals surface area (Å²) in [6.07, 6.45) is 0. The van der Waals surface area contributed by atoms with E-state index in [4.69, 9.17) is 9.47 Å². The lowest BCUT2D eigenvalue weighted by Crippen LogP contribution is -2.31. The molecule has 3 rings (SSSR count). The first-order chi connectivity index (χ1) is 8.65. The lowest BCUT2D eigenvalue weighted by atomic mass is 10.3. The van der Waals surface area contributed by atoms with Gasteiger partial charge in [-0.15, -0.1) is 0 Å². The first-order valence-electron chi connectivity index (χ1n) is 5.52. The fourth-order valence-electron chi connectivity index (χ4n) is 1.87. The Balaban J connectivity index is 1.80. The second-order valence-electron chi connectivity index (χ2n) is 4.10. The number of sulfonamides is 1. The van der Waals surface area contributed by atoms with Gasteiger partial charge in [-0.2, -0.15) is 0 Å². The summed E-state index contributed by atoms with van der Waals surface area (Å²) in [5.74, 6) is 1.18. The van der Waals surface area contributed by atoms with Gasteiger partial charge in [0.25, 0.3) is 0 Å². The third kappa shape index (κ3) is 2.09. The maximum absolute atomic E-state index is 12.0. The van der Waals surface area contributed by atoms with E-state index in [1.165, 1.54) is 0 Å². The zero-order valence-electron chi connectivity index (χ0n) is 9.47. The van der Waals surface area contributed by atoms with E-state index in [1.807, 2.05) is 0 Å². The summed E-state index contributed by atoms with van der Waals surface area (Å²) < 4.78 is 37.0. The van der Waals surface area contributed by atoms with Gasteiger partial charge in [-0.05, 0) is 12.1 Å². The Morgan fingerprint density at radius 3 is 2.67 bits per heavy atom. The molecule has 0 spiro atoms. The average molecular weight is 271 g/mol. The summed E-state index contributed by atoms with van der Waals surface area (Å²) in [6.45, 7) is 0.946. The Kier molecular flexibility index (Phi) is 2.77. The predicted molar refractivity (Wildman–Crippen MR) is 64.9 cm³/mol. The Bertz CT molecular complexity index is 554. The lowest BCUT2D eigenvalue weighted by molar-refractivity contribution is 0.174. The van der Waals surface area contributed by atoms with Crippen molar-refractivity contribution in [3.8, 4) is 11.5 Å². The van der Waals surface area contributed by atoms with E-state index in [0.29, 0.717) is 30.3 Å². The molecule has 0 aliphatic carbocycles. The lowest BCUT2D eigenvalue weighted by Gasteiger charge is -2.12. The van der Waals surface area contributed by atoms with E-state index in [2.05, 4.69) is 15.6 Å². The zero-order valence-corrected chi connectivity index (χ0v) is 10.3. The molecule has 7 nitrogen and oxygen atoms in total. The molecule has 98 valence electrons. The molecular weight excluding hydrogens is 258 g/mol. The van der Waals surface area contributed by atoms with Crippen molar-refractivity contribution in [2.24, 2.45) is 0 Å². The van der Waals surface area contributed by atoms with Crippen molar-refractivity contribution in [2.75, 3.05) is 24.6 Å². The molecule has 1 saturated heterocycles. The van der Waals surface area contributed by atoms with Gasteiger partial charge in [0.15, 0.2) is 11.5 Å². The molecule has 2 aliphatic heterocycles. The number of hydrogen-bond donors (Lipinski definition) is 3. The topological polar surface area (TPSA) is 88.7 Å². The molecule has 2 heterocycles. The number of hydrogen-bond acceptors (Lipinski definition) is 6. The monoisotopic (exact) mass is 271 g/mol. The van der Waals surface area contributed by atoms with Crippen molar-refractivity contribution < 1.29 is 17.9 Å². The molecule has 0 saturated carbocycles. The average Bonchev–Trinajstić information content (AvgIpc) is 2.99. The van der Waals surface area contributed by atoms with Crippen LogP contribution in [0.2, 0.25) is 0 Å². The largest absolute Gasteiger partial charge is 0.454 e. The number of benzene rings is 1. The van der Waals surface area contributed by atoms with Gasteiger partial charge in [-0.1, -0.05) is 0 Å². The number of nitrogens with one attached hydrogen (secondary N) is 3. The van der Waals surface area contributed by atoms with E-state index in [-0.39, 0.29) is 6.79 Å². The molecule has 0 bridgehead atoms. The molecule has 1 aromatic rings. The second kappa shape index (κ2) is 4.30. The van der Waals surface area contributed by atoms with Crippen LogP contribution in [0.15, 0.2) is 18.2 Å². The smallest absolute Gasteiger partial charge is 0.238 e. The quantitative estimate of drug-likeness (QED) is 0.695. The van der Waals surface area contributed by atoms with Crippen LogP contribution in [0.25, 0.3) is 0 Å². The fourth-order valence-corrected chi connectivity index (χ4v) is 3.10. The second-order valence-corrected chi connectivity index (χ2v) is 6.06. The van der Waals surface area contributed by atoms with Crippen LogP contribution in [0.3, 0.4) is 0 Å². The Morgan fingerprint density at radius 2 is 1.89 bits per heavy atom. The summed E-state index contributed by atoms with van der Waals surface area (Å²) in [5, 5.41) is -0.483. The van der Waals surface area contributed by atoms with Gasteiger partial charge < -0.3 is 9.47 Å². The van der Waals surface area contributed by atoms with Gasteiger partial charge in [0.2, 0.25) is 16.8 Å². The first kappa shape index (κ1) is 11.6. The van der Waals surface area contributed by atoms with E-state index in [1.54, 1.807) is 18.2 Å². The molecule has 1 fully saturated rings. The number of anilines is 1. The highest BCUT2D eigenvalue weighted by Gasteiger charge is 2.29. The number of ether oxygens (including phenoxy) is 2. The number of hydrazine groups is 1. The van der Waals surface area contributed by atoms with Gasteiger partial charge in [0, 0.05) is 19.2 Å². The third-order valence-corrected chi connectivity index (χ3v) is 4.59. The van der Waals surface area contributed by atoms with Gasteiger partial charge in [0.1, 0.15) is 5.25 Å². The van der Waals surface area contributed by atoms with Crippen LogP contribution in [0.1, 0.15) is 0 Å². The molecule has 0 amide bonds. The van der Waals surface area contributed by atoms with Crippen molar-refractivity contribution in [3.05, 3.63) is 18.2 Å². The molecular formula is C10H13N3O4S. The Morgan fingerprint density at radius 1 is 1.17 bits per heavy atom. The van der Waals surface area contributed by atoms with Crippen LogP contribution < -0.4 is 25.0 Å². The van der Waals surface area contributed by atoms with Gasteiger partial charge in [-0.25, -0.2) is 8.42 Å². The Labute approximate surface area is 104 Å². The standard InChI is InChI=1S/C10H13N3O4S/c14-18(15,8-4-11-12-5-8)13-7-1-2-9-10(3-7)17-6-16-9/h1-3,8,11-13H,4-6H2.